The van der Waals surface area contributed by atoms with Crippen LogP contribution in [0.4, 0.5) is 0 Å². The van der Waals surface area contributed by atoms with Crippen molar-refractivity contribution in [1.82, 2.24) is 19.9 Å². The maximum Gasteiger partial charge on any atom is 0.220 e. The van der Waals surface area contributed by atoms with E-state index in [1.807, 2.05) is 24.5 Å². The van der Waals surface area contributed by atoms with Crippen LogP contribution in [-0.2, 0) is 11.3 Å². The molecule has 2 unspecified atom stereocenters. The third-order valence-corrected chi connectivity index (χ3v) is 3.90. The first-order chi connectivity index (χ1) is 9.56. The van der Waals surface area contributed by atoms with Crippen LogP contribution in [0.5, 0.6) is 0 Å². The van der Waals surface area contributed by atoms with Gasteiger partial charge in [0, 0.05) is 25.2 Å². The number of hydrogen-bond donors (Lipinski definition) is 1. The Labute approximate surface area is 122 Å². The van der Waals surface area contributed by atoms with E-state index < -0.39 is 0 Å². The summed E-state index contributed by atoms with van der Waals surface area (Å²) < 4.78 is 2.04. The fraction of sp³-hybridized carbons (Fsp3) is 0.500. The molecule has 2 atom stereocenters. The van der Waals surface area contributed by atoms with Crippen LogP contribution in [0, 0.1) is 6.92 Å². The van der Waals surface area contributed by atoms with Gasteiger partial charge in [-0.05, 0) is 31.9 Å². The van der Waals surface area contributed by atoms with E-state index in [2.05, 4.69) is 15.3 Å². The molecule has 3 heterocycles. The fourth-order valence-corrected chi connectivity index (χ4v) is 2.84. The van der Waals surface area contributed by atoms with Gasteiger partial charge in [0.25, 0.3) is 0 Å². The van der Waals surface area contributed by atoms with E-state index in [1.54, 1.807) is 6.20 Å². The maximum absolute atomic E-state index is 11.3. The molecule has 2 aromatic rings. The van der Waals surface area contributed by atoms with Gasteiger partial charge in [0.15, 0.2) is 5.65 Å². The molecular weight excluding hydrogens is 276 g/mol. The highest BCUT2D eigenvalue weighted by Crippen LogP contribution is 2.26. The minimum atomic E-state index is -0.194. The highest BCUT2D eigenvalue weighted by molar-refractivity contribution is 6.20. The van der Waals surface area contributed by atoms with Crippen molar-refractivity contribution in [3.8, 4) is 0 Å². The Bertz CT molecular complexity index is 664. The summed E-state index contributed by atoms with van der Waals surface area (Å²) in [4.78, 5) is 20.4. The molecule has 1 amide bonds. The molecule has 0 bridgehead atoms. The number of pyridine rings is 1. The zero-order valence-corrected chi connectivity index (χ0v) is 12.3. The van der Waals surface area contributed by atoms with Crippen molar-refractivity contribution < 1.29 is 4.79 Å². The number of imidazole rings is 1. The van der Waals surface area contributed by atoms with E-state index in [4.69, 9.17) is 11.6 Å². The Hall–Kier alpha value is -1.62. The summed E-state index contributed by atoms with van der Waals surface area (Å²) in [6.45, 7) is 4.59. The highest BCUT2D eigenvalue weighted by atomic mass is 35.5. The Morgan fingerprint density at radius 2 is 2.40 bits per heavy atom. The lowest BCUT2D eigenvalue weighted by Gasteiger charge is -2.14. The molecule has 1 fully saturated rings. The molecule has 1 N–H and O–H groups in total. The molecule has 1 aliphatic rings. The summed E-state index contributed by atoms with van der Waals surface area (Å²) in [6, 6.07) is 2.08. The van der Waals surface area contributed by atoms with Crippen molar-refractivity contribution in [2.75, 3.05) is 0 Å². The van der Waals surface area contributed by atoms with Gasteiger partial charge in [0.1, 0.15) is 11.3 Å². The Kier molecular flexibility index (Phi) is 3.38. The van der Waals surface area contributed by atoms with Crippen molar-refractivity contribution >= 4 is 28.7 Å². The zero-order chi connectivity index (χ0) is 14.3. The predicted octanol–water partition coefficient (Wildman–Crippen LogP) is 2.32. The first kappa shape index (κ1) is 13.4. The number of halogens is 1. The zero-order valence-electron chi connectivity index (χ0n) is 11.6. The average molecular weight is 293 g/mol. The molecule has 2 aromatic heterocycles. The van der Waals surface area contributed by atoms with Crippen molar-refractivity contribution in [3.05, 3.63) is 23.7 Å². The molecule has 1 aliphatic heterocycles. The Morgan fingerprint density at radius 3 is 3.05 bits per heavy atom. The van der Waals surface area contributed by atoms with Crippen molar-refractivity contribution in [3.63, 3.8) is 0 Å². The maximum atomic E-state index is 11.3. The van der Waals surface area contributed by atoms with Gasteiger partial charge in [0.05, 0.1) is 5.38 Å². The molecular formula is C14H17ClN4O. The molecule has 1 saturated heterocycles. The number of hydrogen-bond acceptors (Lipinski definition) is 3. The monoisotopic (exact) mass is 292 g/mol. The van der Waals surface area contributed by atoms with Gasteiger partial charge in [-0.25, -0.2) is 9.97 Å². The molecule has 106 valence electrons. The van der Waals surface area contributed by atoms with Crippen LogP contribution in [0.2, 0.25) is 0 Å². The van der Waals surface area contributed by atoms with Crippen LogP contribution in [-0.4, -0.2) is 26.5 Å². The van der Waals surface area contributed by atoms with Gasteiger partial charge >= 0.3 is 0 Å². The topological polar surface area (TPSA) is 59.8 Å². The molecule has 0 saturated carbocycles. The molecule has 5 nitrogen and oxygen atoms in total. The van der Waals surface area contributed by atoms with Crippen LogP contribution in [0.25, 0.3) is 11.2 Å². The number of nitrogens with zero attached hydrogens (tertiary/aromatic N) is 3. The predicted molar refractivity (Wildman–Crippen MR) is 77.7 cm³/mol. The lowest BCUT2D eigenvalue weighted by molar-refractivity contribution is -0.119. The lowest BCUT2D eigenvalue weighted by atomic mass is 10.2. The average Bonchev–Trinajstić information content (AvgIpc) is 2.96. The van der Waals surface area contributed by atoms with E-state index in [0.29, 0.717) is 13.0 Å². The summed E-state index contributed by atoms with van der Waals surface area (Å²) in [6.07, 6.45) is 3.22. The molecule has 3 rings (SSSR count). The largest absolute Gasteiger partial charge is 0.352 e. The first-order valence-corrected chi connectivity index (χ1v) is 7.25. The van der Waals surface area contributed by atoms with Crippen LogP contribution in [0.1, 0.15) is 36.5 Å². The summed E-state index contributed by atoms with van der Waals surface area (Å²) in [5, 5.41) is 2.79. The van der Waals surface area contributed by atoms with Gasteiger partial charge < -0.3 is 9.88 Å². The van der Waals surface area contributed by atoms with Gasteiger partial charge in [-0.3, -0.25) is 4.79 Å². The molecule has 0 spiro atoms. The SMILES string of the molecule is Cc1ccnc2c1nc(C(C)Cl)n2CC1CCC(=O)N1. The number of fused-ring (bicyclic) bond motifs is 1. The minimum Gasteiger partial charge on any atom is -0.352 e. The summed E-state index contributed by atoms with van der Waals surface area (Å²) in [5.41, 5.74) is 2.82. The number of rotatable bonds is 3. The quantitative estimate of drug-likeness (QED) is 0.883. The standard InChI is InChI=1S/C14H17ClN4O/c1-8-5-6-16-14-12(8)18-13(9(2)15)19(14)7-10-3-4-11(20)17-10/h5-6,9-10H,3-4,7H2,1-2H3,(H,17,20). The number of amides is 1. The number of alkyl halides is 1. The smallest absolute Gasteiger partial charge is 0.220 e. The van der Waals surface area contributed by atoms with Gasteiger partial charge in [-0.2, -0.15) is 0 Å². The second-order valence-corrected chi connectivity index (χ2v) is 5.95. The third kappa shape index (κ3) is 2.26. The van der Waals surface area contributed by atoms with E-state index >= 15 is 0 Å². The first-order valence-electron chi connectivity index (χ1n) is 6.81. The summed E-state index contributed by atoms with van der Waals surface area (Å²) in [5.74, 6) is 0.925. The second kappa shape index (κ2) is 5.05. The highest BCUT2D eigenvalue weighted by Gasteiger charge is 2.24. The summed E-state index contributed by atoms with van der Waals surface area (Å²) >= 11 is 6.25. The van der Waals surface area contributed by atoms with E-state index in [9.17, 15) is 4.79 Å². The molecule has 6 heteroatoms. The lowest BCUT2D eigenvalue weighted by Crippen LogP contribution is -2.30. The number of carbonyl (C=O) groups excluding carboxylic acids is 1. The summed E-state index contributed by atoms with van der Waals surface area (Å²) in [7, 11) is 0. The van der Waals surface area contributed by atoms with Gasteiger partial charge in [-0.15, -0.1) is 11.6 Å². The van der Waals surface area contributed by atoms with E-state index in [0.717, 1.165) is 29.0 Å². The van der Waals surface area contributed by atoms with Crippen molar-refractivity contribution in [1.29, 1.82) is 0 Å². The van der Waals surface area contributed by atoms with E-state index in [-0.39, 0.29) is 17.3 Å². The van der Waals surface area contributed by atoms with Crippen LogP contribution in [0.3, 0.4) is 0 Å². The van der Waals surface area contributed by atoms with Crippen molar-refractivity contribution in [2.45, 2.75) is 44.7 Å². The van der Waals surface area contributed by atoms with Crippen LogP contribution < -0.4 is 5.32 Å². The van der Waals surface area contributed by atoms with Crippen LogP contribution in [0.15, 0.2) is 12.3 Å². The van der Waals surface area contributed by atoms with Gasteiger partial charge in [-0.1, -0.05) is 0 Å². The molecule has 0 aliphatic carbocycles. The minimum absolute atomic E-state index is 0.115. The second-order valence-electron chi connectivity index (χ2n) is 5.30. The number of nitrogens with one attached hydrogen (secondary N) is 1. The molecule has 0 aromatic carbocycles. The molecule has 0 radical (unpaired) electrons. The third-order valence-electron chi connectivity index (χ3n) is 3.71. The van der Waals surface area contributed by atoms with Gasteiger partial charge in [0.2, 0.25) is 5.91 Å². The Morgan fingerprint density at radius 1 is 1.60 bits per heavy atom. The van der Waals surface area contributed by atoms with E-state index in [1.165, 1.54) is 0 Å². The van der Waals surface area contributed by atoms with Crippen LogP contribution >= 0.6 is 11.6 Å². The number of carbonyl (C=O) groups is 1. The normalized spacial score (nSPS) is 20.4. The molecule has 20 heavy (non-hydrogen) atoms. The number of aromatic nitrogens is 3. The number of aryl methyl sites for hydroxylation is 1. The van der Waals surface area contributed by atoms with Crippen molar-refractivity contribution in [2.24, 2.45) is 0 Å². The Balaban J connectivity index is 2.05. The fourth-order valence-electron chi connectivity index (χ4n) is 2.67.